The van der Waals surface area contributed by atoms with Crippen LogP contribution >= 0.6 is 34.5 Å². The van der Waals surface area contributed by atoms with Crippen molar-refractivity contribution in [3.8, 4) is 11.5 Å². The Balaban J connectivity index is 1.54. The molecule has 1 aliphatic rings. The molecule has 0 unspecified atom stereocenters. The highest BCUT2D eigenvalue weighted by atomic mass is 35.5. The number of carbonyl (C=O) groups is 1. The van der Waals surface area contributed by atoms with Crippen LogP contribution in [0.4, 0.5) is 4.39 Å². The van der Waals surface area contributed by atoms with Crippen LogP contribution in [0.2, 0.25) is 10.0 Å². The summed E-state index contributed by atoms with van der Waals surface area (Å²) in [5.41, 5.74) is 2.43. The molecule has 1 atom stereocenters. The third-order valence-electron chi connectivity index (χ3n) is 6.65. The van der Waals surface area contributed by atoms with Gasteiger partial charge >= 0.3 is 5.97 Å². The minimum absolute atomic E-state index is 0.158. The van der Waals surface area contributed by atoms with Gasteiger partial charge < -0.3 is 14.2 Å². The normalized spacial score (nSPS) is 14.7. The molecule has 4 aromatic rings. The van der Waals surface area contributed by atoms with E-state index in [0.717, 1.165) is 5.56 Å². The number of fused-ring (bicyclic) bond motifs is 1. The van der Waals surface area contributed by atoms with Gasteiger partial charge in [0.05, 0.1) is 45.1 Å². The maximum Gasteiger partial charge on any atom is 0.338 e. The highest BCUT2D eigenvalue weighted by molar-refractivity contribution is 7.07. The molecule has 0 N–H and O–H groups in total. The summed E-state index contributed by atoms with van der Waals surface area (Å²) in [7, 11) is 0. The molecule has 0 fully saturated rings. The van der Waals surface area contributed by atoms with Crippen molar-refractivity contribution in [3.05, 3.63) is 124 Å². The first-order valence-electron chi connectivity index (χ1n) is 13.5. The minimum atomic E-state index is -0.825. The molecular formula is C32H27Cl2FN2O5S. The zero-order valence-electron chi connectivity index (χ0n) is 23.5. The smallest absolute Gasteiger partial charge is 0.338 e. The van der Waals surface area contributed by atoms with Gasteiger partial charge in [0.2, 0.25) is 0 Å². The van der Waals surface area contributed by atoms with Gasteiger partial charge in [-0.25, -0.2) is 14.2 Å². The van der Waals surface area contributed by atoms with Crippen LogP contribution in [0.3, 0.4) is 0 Å². The summed E-state index contributed by atoms with van der Waals surface area (Å²) in [6, 6.07) is 15.5. The quantitative estimate of drug-likeness (QED) is 0.203. The fourth-order valence-corrected chi connectivity index (χ4v) is 6.06. The molecule has 11 heteroatoms. The van der Waals surface area contributed by atoms with Crippen LogP contribution < -0.4 is 24.4 Å². The van der Waals surface area contributed by atoms with E-state index in [0.29, 0.717) is 54.3 Å². The molecule has 3 aromatic carbocycles. The van der Waals surface area contributed by atoms with Gasteiger partial charge in [0, 0.05) is 0 Å². The molecule has 0 spiro atoms. The Kier molecular flexibility index (Phi) is 9.34. The van der Waals surface area contributed by atoms with Crippen molar-refractivity contribution in [3.63, 3.8) is 0 Å². The molecule has 0 amide bonds. The van der Waals surface area contributed by atoms with Crippen molar-refractivity contribution in [1.29, 1.82) is 0 Å². The van der Waals surface area contributed by atoms with E-state index in [1.54, 1.807) is 56.3 Å². The van der Waals surface area contributed by atoms with Gasteiger partial charge in [0.15, 0.2) is 16.3 Å². The molecule has 0 saturated carbocycles. The van der Waals surface area contributed by atoms with Crippen molar-refractivity contribution in [2.24, 2.45) is 4.99 Å². The van der Waals surface area contributed by atoms with Crippen molar-refractivity contribution >= 4 is 46.6 Å². The average molecular weight is 642 g/mol. The summed E-state index contributed by atoms with van der Waals surface area (Å²) in [4.78, 5) is 31.9. The summed E-state index contributed by atoms with van der Waals surface area (Å²) in [5.74, 6) is 0.0282. The van der Waals surface area contributed by atoms with Gasteiger partial charge in [-0.1, -0.05) is 58.8 Å². The van der Waals surface area contributed by atoms with E-state index in [-0.39, 0.29) is 24.3 Å². The predicted octanol–water partition coefficient (Wildman–Crippen LogP) is 6.22. The lowest BCUT2D eigenvalue weighted by atomic mass is 9.96. The summed E-state index contributed by atoms with van der Waals surface area (Å²) in [5, 5.41) is 0.905. The molecule has 0 bridgehead atoms. The average Bonchev–Trinajstić information content (AvgIpc) is 3.28. The maximum atomic E-state index is 13.8. The lowest BCUT2D eigenvalue weighted by Crippen LogP contribution is -2.39. The van der Waals surface area contributed by atoms with E-state index < -0.39 is 17.8 Å². The van der Waals surface area contributed by atoms with E-state index >= 15 is 0 Å². The zero-order valence-corrected chi connectivity index (χ0v) is 25.9. The minimum Gasteiger partial charge on any atom is -0.490 e. The van der Waals surface area contributed by atoms with Gasteiger partial charge in [-0.15, -0.1) is 0 Å². The molecule has 43 heavy (non-hydrogen) atoms. The second-order valence-corrected chi connectivity index (χ2v) is 11.4. The largest absolute Gasteiger partial charge is 0.490 e. The molecule has 0 aliphatic carbocycles. The van der Waals surface area contributed by atoms with Crippen molar-refractivity contribution in [2.45, 2.75) is 33.4 Å². The molecule has 0 saturated heterocycles. The Labute approximate surface area is 261 Å². The molecule has 2 heterocycles. The standard InChI is InChI=1S/C32H27Cl2FN2O5S/c1-4-40-26-15-19(7-13-25(26)42-17-20-6-12-23(33)24(34)14-20)16-27-30(38)37-29(21-8-10-22(35)11-9-21)28(31(39)41-5-2)18(3)36-32(37)43-27/h6-16,29H,4-5,17H2,1-3H3/b27-16-/t29-/m0/s1. The van der Waals surface area contributed by atoms with Crippen LogP contribution in [0, 0.1) is 5.82 Å². The first kappa shape index (κ1) is 30.5. The molecule has 222 valence electrons. The van der Waals surface area contributed by atoms with E-state index in [1.807, 2.05) is 19.1 Å². The topological polar surface area (TPSA) is 79.1 Å². The first-order valence-corrected chi connectivity index (χ1v) is 15.1. The lowest BCUT2D eigenvalue weighted by Gasteiger charge is -2.24. The Hall–Kier alpha value is -3.92. The van der Waals surface area contributed by atoms with Gasteiger partial charge in [-0.3, -0.25) is 9.36 Å². The molecule has 7 nitrogen and oxygen atoms in total. The fraction of sp³-hybridized carbons (Fsp3) is 0.219. The molecule has 0 radical (unpaired) electrons. The third-order valence-corrected chi connectivity index (χ3v) is 8.37. The summed E-state index contributed by atoms with van der Waals surface area (Å²) in [6.45, 7) is 6.08. The van der Waals surface area contributed by atoms with Crippen LogP contribution in [0.1, 0.15) is 43.5 Å². The Morgan fingerprint density at radius 2 is 1.77 bits per heavy atom. The van der Waals surface area contributed by atoms with Crippen LogP contribution in [0.5, 0.6) is 11.5 Å². The van der Waals surface area contributed by atoms with E-state index in [4.69, 9.17) is 37.4 Å². The highest BCUT2D eigenvalue weighted by Gasteiger charge is 2.33. The number of benzene rings is 3. The second-order valence-electron chi connectivity index (χ2n) is 9.53. The van der Waals surface area contributed by atoms with Crippen LogP contribution in [-0.2, 0) is 16.1 Å². The molecular weight excluding hydrogens is 614 g/mol. The number of hydrogen-bond donors (Lipinski definition) is 0. The Morgan fingerprint density at radius 1 is 1.00 bits per heavy atom. The predicted molar refractivity (Wildman–Crippen MR) is 165 cm³/mol. The molecule has 1 aromatic heterocycles. The SMILES string of the molecule is CCOC(=O)C1=C(C)N=c2s/c(=C\c3ccc(OCc4ccc(Cl)c(Cl)c4)c(OCC)c3)c(=O)n2[C@H]1c1ccc(F)cc1. The number of nitrogens with zero attached hydrogens (tertiary/aromatic N) is 2. The zero-order chi connectivity index (χ0) is 30.7. The highest BCUT2D eigenvalue weighted by Crippen LogP contribution is 2.32. The van der Waals surface area contributed by atoms with Gasteiger partial charge in [-0.2, -0.15) is 0 Å². The number of ether oxygens (including phenoxy) is 3. The molecule has 1 aliphatic heterocycles. The number of rotatable bonds is 9. The fourth-order valence-electron chi connectivity index (χ4n) is 4.70. The maximum absolute atomic E-state index is 13.8. The van der Waals surface area contributed by atoms with Crippen LogP contribution in [0.25, 0.3) is 6.08 Å². The first-order chi connectivity index (χ1) is 20.7. The van der Waals surface area contributed by atoms with Crippen molar-refractivity contribution in [2.75, 3.05) is 13.2 Å². The number of aromatic nitrogens is 1. The van der Waals surface area contributed by atoms with E-state index in [9.17, 15) is 14.0 Å². The number of esters is 1. The molecule has 5 rings (SSSR count). The lowest BCUT2D eigenvalue weighted by molar-refractivity contribution is -0.139. The third kappa shape index (κ3) is 6.54. The Bertz CT molecular complexity index is 1900. The van der Waals surface area contributed by atoms with Gasteiger partial charge in [-0.05, 0) is 79.9 Å². The van der Waals surface area contributed by atoms with Crippen molar-refractivity contribution in [1.82, 2.24) is 4.57 Å². The van der Waals surface area contributed by atoms with Crippen LogP contribution in [-0.4, -0.2) is 23.8 Å². The van der Waals surface area contributed by atoms with Crippen molar-refractivity contribution < 1.29 is 23.4 Å². The second kappa shape index (κ2) is 13.2. The monoisotopic (exact) mass is 640 g/mol. The number of allylic oxidation sites excluding steroid dienone is 1. The number of hydrogen-bond acceptors (Lipinski definition) is 7. The van der Waals surface area contributed by atoms with Gasteiger partial charge in [0.1, 0.15) is 12.4 Å². The summed E-state index contributed by atoms with van der Waals surface area (Å²) in [6.07, 6.45) is 1.74. The van der Waals surface area contributed by atoms with Crippen LogP contribution in [0.15, 0.2) is 81.7 Å². The Morgan fingerprint density at radius 3 is 2.47 bits per heavy atom. The van der Waals surface area contributed by atoms with E-state index in [1.165, 1.54) is 28.0 Å². The number of halogens is 3. The number of thiazole rings is 1. The summed E-state index contributed by atoms with van der Waals surface area (Å²) < 4.78 is 32.8. The number of carbonyl (C=O) groups excluding carboxylic acids is 1. The van der Waals surface area contributed by atoms with E-state index in [2.05, 4.69) is 4.99 Å². The summed E-state index contributed by atoms with van der Waals surface area (Å²) >= 11 is 13.3. The van der Waals surface area contributed by atoms with Gasteiger partial charge in [0.25, 0.3) is 5.56 Å².